The summed E-state index contributed by atoms with van der Waals surface area (Å²) >= 11 is 0. The smallest absolute Gasteiger partial charge is 0.277 e. The van der Waals surface area contributed by atoms with E-state index in [1.54, 1.807) is 24.3 Å². The molecule has 1 aliphatic rings. The second-order valence-corrected chi connectivity index (χ2v) is 5.97. The third-order valence-electron chi connectivity index (χ3n) is 4.34. The Kier molecular flexibility index (Phi) is 4.30. The van der Waals surface area contributed by atoms with Crippen molar-refractivity contribution < 1.29 is 19.1 Å². The normalized spacial score (nSPS) is 13.8. The maximum absolute atomic E-state index is 12.6. The van der Waals surface area contributed by atoms with Gasteiger partial charge in [-0.15, -0.1) is 0 Å². The first-order chi connectivity index (χ1) is 13.2. The van der Waals surface area contributed by atoms with Crippen LogP contribution in [0, 0.1) is 0 Å². The van der Waals surface area contributed by atoms with Crippen molar-refractivity contribution in [3.05, 3.63) is 71.8 Å². The van der Waals surface area contributed by atoms with Crippen molar-refractivity contribution in [2.24, 2.45) is 5.10 Å². The van der Waals surface area contributed by atoms with Crippen LogP contribution in [0.2, 0.25) is 0 Å². The second kappa shape index (κ2) is 6.92. The number of para-hydroxylation sites is 2. The van der Waals surface area contributed by atoms with Gasteiger partial charge in [-0.2, -0.15) is 5.10 Å². The van der Waals surface area contributed by atoms with Gasteiger partial charge in [-0.25, -0.2) is 5.43 Å². The Balaban J connectivity index is 1.50. The van der Waals surface area contributed by atoms with Crippen LogP contribution in [0.15, 0.2) is 65.8 Å². The van der Waals surface area contributed by atoms with Gasteiger partial charge in [0.1, 0.15) is 5.71 Å². The third-order valence-corrected chi connectivity index (χ3v) is 4.34. The maximum atomic E-state index is 12.6. The first-order valence-corrected chi connectivity index (χ1v) is 8.38. The number of benzene rings is 3. The fourth-order valence-corrected chi connectivity index (χ4v) is 3.12. The molecular formula is C21H16N2O4. The number of ketones is 1. The number of rotatable bonds is 5. The molecule has 3 aromatic carbocycles. The van der Waals surface area contributed by atoms with E-state index in [9.17, 15) is 9.59 Å². The second-order valence-electron chi connectivity index (χ2n) is 5.97. The number of hydrogen-bond donors (Lipinski definition) is 1. The van der Waals surface area contributed by atoms with Gasteiger partial charge in [-0.05, 0) is 17.5 Å². The van der Waals surface area contributed by atoms with Gasteiger partial charge in [0.15, 0.2) is 18.1 Å². The Morgan fingerprint density at radius 3 is 2.41 bits per heavy atom. The van der Waals surface area contributed by atoms with Crippen molar-refractivity contribution in [1.29, 1.82) is 0 Å². The highest BCUT2D eigenvalue weighted by Gasteiger charge is 2.28. The monoisotopic (exact) mass is 360 g/mol. The van der Waals surface area contributed by atoms with Crippen LogP contribution in [0.4, 0.5) is 0 Å². The molecule has 0 aromatic heterocycles. The van der Waals surface area contributed by atoms with E-state index in [1.807, 2.05) is 36.4 Å². The van der Waals surface area contributed by atoms with E-state index < -0.39 is 5.91 Å². The molecule has 1 N–H and O–H groups in total. The van der Waals surface area contributed by atoms with Crippen molar-refractivity contribution >= 4 is 28.2 Å². The molecule has 0 aliphatic heterocycles. The molecule has 0 heterocycles. The Labute approximate surface area is 155 Å². The number of methoxy groups -OCH3 is 1. The zero-order valence-corrected chi connectivity index (χ0v) is 14.6. The highest BCUT2D eigenvalue weighted by Crippen LogP contribution is 2.30. The van der Waals surface area contributed by atoms with Crippen molar-refractivity contribution in [2.45, 2.75) is 0 Å². The van der Waals surface area contributed by atoms with Gasteiger partial charge in [-0.3, -0.25) is 9.59 Å². The number of carbonyl (C=O) groups excluding carboxylic acids is 2. The number of hydrogen-bond acceptors (Lipinski definition) is 5. The average molecular weight is 360 g/mol. The van der Waals surface area contributed by atoms with Crippen molar-refractivity contribution in [2.75, 3.05) is 13.7 Å². The number of nitrogens with zero attached hydrogens (tertiary/aromatic N) is 1. The van der Waals surface area contributed by atoms with Gasteiger partial charge in [0.25, 0.3) is 5.91 Å². The van der Waals surface area contributed by atoms with Crippen LogP contribution >= 0.6 is 0 Å². The van der Waals surface area contributed by atoms with E-state index in [0.29, 0.717) is 17.1 Å². The van der Waals surface area contributed by atoms with E-state index in [4.69, 9.17) is 9.47 Å². The molecule has 6 heteroatoms. The lowest BCUT2D eigenvalue weighted by Crippen LogP contribution is -2.27. The van der Waals surface area contributed by atoms with Crippen LogP contribution in [0.3, 0.4) is 0 Å². The van der Waals surface area contributed by atoms with Crippen LogP contribution < -0.4 is 14.9 Å². The summed E-state index contributed by atoms with van der Waals surface area (Å²) in [5.41, 5.74) is 3.95. The zero-order chi connectivity index (χ0) is 18.8. The quantitative estimate of drug-likeness (QED) is 0.710. The molecule has 0 fully saturated rings. The lowest BCUT2D eigenvalue weighted by molar-refractivity contribution is -0.123. The molecule has 6 nitrogen and oxygen atoms in total. The Morgan fingerprint density at radius 1 is 0.963 bits per heavy atom. The Morgan fingerprint density at radius 2 is 1.67 bits per heavy atom. The Hall–Kier alpha value is -3.67. The molecule has 0 saturated carbocycles. The van der Waals surface area contributed by atoms with Crippen LogP contribution in [-0.2, 0) is 4.79 Å². The van der Waals surface area contributed by atoms with Gasteiger partial charge in [0.05, 0.1) is 7.11 Å². The van der Waals surface area contributed by atoms with Gasteiger partial charge < -0.3 is 9.47 Å². The number of Topliss-reactive ketones (excluding diaryl/α,β-unsaturated/α-hetero) is 1. The van der Waals surface area contributed by atoms with Crippen molar-refractivity contribution in [3.8, 4) is 11.5 Å². The largest absolute Gasteiger partial charge is 0.493 e. The summed E-state index contributed by atoms with van der Waals surface area (Å²) in [6.45, 7) is -0.248. The van der Waals surface area contributed by atoms with Crippen LogP contribution in [0.5, 0.6) is 11.5 Å². The molecule has 3 aromatic rings. The minimum atomic E-state index is -0.468. The summed E-state index contributed by atoms with van der Waals surface area (Å²) in [4.78, 5) is 24.7. The summed E-state index contributed by atoms with van der Waals surface area (Å²) < 4.78 is 10.6. The SMILES string of the molecule is COc1ccccc1OCC(=O)N/N=C1/C(=O)c2cccc3cccc1c23. The molecule has 0 spiro atoms. The summed E-state index contributed by atoms with van der Waals surface area (Å²) in [5.74, 6) is 0.318. The molecule has 1 amide bonds. The van der Waals surface area contributed by atoms with Gasteiger partial charge in [0, 0.05) is 16.5 Å². The van der Waals surface area contributed by atoms with Gasteiger partial charge >= 0.3 is 0 Å². The fraction of sp³-hybridized carbons (Fsp3) is 0.0952. The van der Waals surface area contributed by atoms with E-state index in [-0.39, 0.29) is 18.1 Å². The molecule has 134 valence electrons. The van der Waals surface area contributed by atoms with E-state index in [1.165, 1.54) is 7.11 Å². The number of amides is 1. The maximum Gasteiger partial charge on any atom is 0.277 e. The third kappa shape index (κ3) is 3.01. The summed E-state index contributed by atoms with van der Waals surface area (Å²) in [6, 6.07) is 18.2. The average Bonchev–Trinajstić information content (AvgIpc) is 2.98. The Bertz CT molecular complexity index is 1080. The molecule has 0 atom stereocenters. The molecule has 4 rings (SSSR count). The lowest BCUT2D eigenvalue weighted by Gasteiger charge is -2.09. The van der Waals surface area contributed by atoms with E-state index in [0.717, 1.165) is 16.3 Å². The fourth-order valence-electron chi connectivity index (χ4n) is 3.12. The highest BCUT2D eigenvalue weighted by atomic mass is 16.5. The first kappa shape index (κ1) is 16.8. The van der Waals surface area contributed by atoms with Crippen molar-refractivity contribution in [1.82, 2.24) is 5.43 Å². The summed E-state index contributed by atoms with van der Waals surface area (Å²) in [7, 11) is 1.53. The molecule has 0 unspecified atom stereocenters. The summed E-state index contributed by atoms with van der Waals surface area (Å²) in [5, 5.41) is 5.89. The van der Waals surface area contributed by atoms with Crippen molar-refractivity contribution in [3.63, 3.8) is 0 Å². The van der Waals surface area contributed by atoms with Gasteiger partial charge in [-0.1, -0.05) is 48.5 Å². The van der Waals surface area contributed by atoms with Crippen LogP contribution in [0.25, 0.3) is 10.8 Å². The zero-order valence-electron chi connectivity index (χ0n) is 14.6. The predicted octanol–water partition coefficient (Wildman–Crippen LogP) is 2.94. The first-order valence-electron chi connectivity index (χ1n) is 8.38. The van der Waals surface area contributed by atoms with Gasteiger partial charge in [0.2, 0.25) is 5.78 Å². The molecule has 27 heavy (non-hydrogen) atoms. The minimum absolute atomic E-state index is 0.201. The highest BCUT2D eigenvalue weighted by molar-refractivity contribution is 6.59. The van der Waals surface area contributed by atoms with E-state index >= 15 is 0 Å². The number of hydrazone groups is 1. The number of nitrogens with one attached hydrogen (secondary N) is 1. The molecule has 0 saturated heterocycles. The molecule has 0 bridgehead atoms. The standard InChI is InChI=1S/C21H16N2O4/c1-26-16-10-2-3-11-17(16)27-12-18(24)22-23-20-14-8-4-6-13-7-5-9-15(19(13)14)21(20)25/h2-11H,12H2,1H3,(H,22,24)/b23-20+. The lowest BCUT2D eigenvalue weighted by atomic mass is 10.1. The number of carbonyl (C=O) groups is 2. The molecule has 1 aliphatic carbocycles. The minimum Gasteiger partial charge on any atom is -0.493 e. The van der Waals surface area contributed by atoms with E-state index in [2.05, 4.69) is 10.5 Å². The topological polar surface area (TPSA) is 77.0 Å². The van der Waals surface area contributed by atoms with Crippen LogP contribution in [-0.4, -0.2) is 31.1 Å². The number of ether oxygens (including phenoxy) is 2. The molecule has 0 radical (unpaired) electrons. The summed E-state index contributed by atoms with van der Waals surface area (Å²) in [6.07, 6.45) is 0. The predicted molar refractivity (Wildman–Crippen MR) is 101 cm³/mol. The van der Waals surface area contributed by atoms with Crippen LogP contribution in [0.1, 0.15) is 15.9 Å². The molecular weight excluding hydrogens is 344 g/mol.